The summed E-state index contributed by atoms with van der Waals surface area (Å²) in [6, 6.07) is 11.6. The van der Waals surface area contributed by atoms with E-state index in [0.29, 0.717) is 33.8 Å². The molecule has 0 aliphatic rings. The molecule has 0 unspecified atom stereocenters. The molecule has 0 saturated heterocycles. The Morgan fingerprint density at radius 2 is 2.06 bits per heavy atom. The molecular weight excluding hydrogens is 506 g/mol. The van der Waals surface area contributed by atoms with E-state index < -0.39 is 10.8 Å². The molecular formula is C23H24BrN5O5. The Balaban J connectivity index is 1.65. The molecule has 3 rings (SSSR count). The lowest BCUT2D eigenvalue weighted by molar-refractivity contribution is -0.386. The topological polar surface area (TPSA) is 121 Å². The van der Waals surface area contributed by atoms with Gasteiger partial charge in [0.15, 0.2) is 11.5 Å². The minimum absolute atomic E-state index is 0.0991. The maximum Gasteiger partial charge on any atom is 0.312 e. The van der Waals surface area contributed by atoms with Crippen LogP contribution in [0.3, 0.4) is 0 Å². The summed E-state index contributed by atoms with van der Waals surface area (Å²) in [4.78, 5) is 22.8. The predicted molar refractivity (Wildman–Crippen MR) is 130 cm³/mol. The molecule has 0 aliphatic heterocycles. The van der Waals surface area contributed by atoms with Gasteiger partial charge in [-0.15, -0.1) is 0 Å². The van der Waals surface area contributed by atoms with Crippen LogP contribution >= 0.6 is 15.9 Å². The third-order valence-corrected chi connectivity index (χ3v) is 5.53. The minimum atomic E-state index is -0.510. The molecule has 1 amide bonds. The average Bonchev–Trinajstić information content (AvgIpc) is 3.05. The number of aromatic nitrogens is 2. The highest BCUT2D eigenvalue weighted by Crippen LogP contribution is 2.37. The molecule has 10 nitrogen and oxygen atoms in total. The molecule has 11 heteroatoms. The van der Waals surface area contributed by atoms with Crippen LogP contribution in [0.1, 0.15) is 28.1 Å². The molecule has 0 saturated carbocycles. The van der Waals surface area contributed by atoms with Crippen molar-refractivity contribution >= 4 is 33.7 Å². The second-order valence-electron chi connectivity index (χ2n) is 7.54. The second-order valence-corrected chi connectivity index (χ2v) is 8.39. The van der Waals surface area contributed by atoms with Crippen molar-refractivity contribution in [1.82, 2.24) is 15.2 Å². The van der Waals surface area contributed by atoms with E-state index in [0.717, 1.165) is 11.1 Å². The average molecular weight is 530 g/mol. The normalized spacial score (nSPS) is 11.0. The van der Waals surface area contributed by atoms with E-state index in [1.807, 2.05) is 31.2 Å². The number of carbonyl (C=O) groups excluding carboxylic acids is 1. The van der Waals surface area contributed by atoms with Crippen molar-refractivity contribution in [3.05, 3.63) is 79.1 Å². The van der Waals surface area contributed by atoms with E-state index in [1.165, 1.54) is 24.9 Å². The summed E-state index contributed by atoms with van der Waals surface area (Å²) in [6.45, 7) is 5.27. The standard InChI is InChI=1S/C23H24BrN5O5/c1-14-6-5-7-17(8-14)13-34-23-19(24)9-18(10-20(23)33-4)11-25-26-21(30)12-28-16(3)22(29(31)32)15(2)27-28/h5-11H,12-13H2,1-4H3,(H,26,30)/b25-11+. The van der Waals surface area contributed by atoms with Crippen LogP contribution in [0.5, 0.6) is 11.5 Å². The summed E-state index contributed by atoms with van der Waals surface area (Å²) in [5.74, 6) is 0.585. The van der Waals surface area contributed by atoms with E-state index in [-0.39, 0.29) is 17.9 Å². The van der Waals surface area contributed by atoms with Crippen LogP contribution in [0.4, 0.5) is 5.69 Å². The number of benzene rings is 2. The molecule has 3 aromatic rings. The summed E-state index contributed by atoms with van der Waals surface area (Å²) in [6.07, 6.45) is 1.46. The number of hydrogen-bond acceptors (Lipinski definition) is 7. The van der Waals surface area contributed by atoms with Crippen LogP contribution in [0, 0.1) is 30.9 Å². The molecule has 1 aromatic heterocycles. The van der Waals surface area contributed by atoms with E-state index in [4.69, 9.17) is 9.47 Å². The maximum atomic E-state index is 12.2. The van der Waals surface area contributed by atoms with Gasteiger partial charge in [-0.2, -0.15) is 10.2 Å². The maximum absolute atomic E-state index is 12.2. The van der Waals surface area contributed by atoms with E-state index >= 15 is 0 Å². The number of carbonyl (C=O) groups is 1. The summed E-state index contributed by atoms with van der Waals surface area (Å²) in [5.41, 5.74) is 5.70. The van der Waals surface area contributed by atoms with Crippen molar-refractivity contribution in [2.45, 2.75) is 33.9 Å². The Kier molecular flexibility index (Phi) is 8.00. The first-order valence-electron chi connectivity index (χ1n) is 10.3. The molecule has 2 aromatic carbocycles. The summed E-state index contributed by atoms with van der Waals surface area (Å²) < 4.78 is 13.4. The van der Waals surface area contributed by atoms with Gasteiger partial charge in [0.25, 0.3) is 5.91 Å². The van der Waals surface area contributed by atoms with Crippen molar-refractivity contribution < 1.29 is 19.2 Å². The van der Waals surface area contributed by atoms with Gasteiger partial charge in [0, 0.05) is 0 Å². The minimum Gasteiger partial charge on any atom is -0.493 e. The molecule has 34 heavy (non-hydrogen) atoms. The zero-order chi connectivity index (χ0) is 24.8. The number of rotatable bonds is 9. The van der Waals surface area contributed by atoms with Crippen LogP contribution < -0.4 is 14.9 Å². The molecule has 1 N–H and O–H groups in total. The van der Waals surface area contributed by atoms with Gasteiger partial charge in [0.05, 0.1) is 22.7 Å². The lowest BCUT2D eigenvalue weighted by Gasteiger charge is -2.14. The van der Waals surface area contributed by atoms with Crippen LogP contribution in [0.2, 0.25) is 0 Å². The highest BCUT2D eigenvalue weighted by Gasteiger charge is 2.22. The zero-order valence-electron chi connectivity index (χ0n) is 19.2. The van der Waals surface area contributed by atoms with Gasteiger partial charge >= 0.3 is 5.69 Å². The third-order valence-electron chi connectivity index (χ3n) is 4.94. The van der Waals surface area contributed by atoms with Crippen molar-refractivity contribution in [2.24, 2.45) is 5.10 Å². The number of methoxy groups -OCH3 is 1. The van der Waals surface area contributed by atoms with Gasteiger partial charge in [-0.05, 0) is 60.0 Å². The van der Waals surface area contributed by atoms with Crippen molar-refractivity contribution in [3.8, 4) is 11.5 Å². The van der Waals surface area contributed by atoms with Gasteiger partial charge in [0.1, 0.15) is 24.5 Å². The van der Waals surface area contributed by atoms with Crippen LogP contribution in [-0.2, 0) is 17.9 Å². The first kappa shape index (κ1) is 24.9. The fourth-order valence-electron chi connectivity index (χ4n) is 3.37. The molecule has 0 aliphatic carbocycles. The Morgan fingerprint density at radius 1 is 1.29 bits per heavy atom. The number of hydrogen-bond donors (Lipinski definition) is 1. The fourth-order valence-corrected chi connectivity index (χ4v) is 3.94. The Labute approximate surface area is 204 Å². The number of hydrazone groups is 1. The van der Waals surface area contributed by atoms with Crippen LogP contribution in [0.25, 0.3) is 0 Å². The van der Waals surface area contributed by atoms with Crippen molar-refractivity contribution in [3.63, 3.8) is 0 Å². The van der Waals surface area contributed by atoms with Crippen molar-refractivity contribution in [2.75, 3.05) is 7.11 Å². The number of amides is 1. The van der Waals surface area contributed by atoms with E-state index in [1.54, 1.807) is 19.1 Å². The van der Waals surface area contributed by atoms with Gasteiger partial charge in [-0.3, -0.25) is 19.6 Å². The number of aryl methyl sites for hydroxylation is 2. The molecule has 0 radical (unpaired) electrons. The predicted octanol–water partition coefficient (Wildman–Crippen LogP) is 4.22. The van der Waals surface area contributed by atoms with Gasteiger partial charge in [-0.25, -0.2) is 5.43 Å². The largest absolute Gasteiger partial charge is 0.493 e. The first-order valence-corrected chi connectivity index (χ1v) is 11.0. The number of nitrogens with zero attached hydrogens (tertiary/aromatic N) is 4. The highest BCUT2D eigenvalue weighted by atomic mass is 79.9. The lowest BCUT2D eigenvalue weighted by Crippen LogP contribution is -2.24. The molecule has 0 spiro atoms. The summed E-state index contributed by atoms with van der Waals surface area (Å²) >= 11 is 3.50. The van der Waals surface area contributed by atoms with E-state index in [9.17, 15) is 14.9 Å². The third kappa shape index (κ3) is 5.98. The molecule has 1 heterocycles. The summed E-state index contributed by atoms with van der Waals surface area (Å²) in [7, 11) is 1.54. The molecule has 0 fully saturated rings. The zero-order valence-corrected chi connectivity index (χ0v) is 20.7. The summed E-state index contributed by atoms with van der Waals surface area (Å²) in [5, 5.41) is 19.1. The van der Waals surface area contributed by atoms with E-state index in [2.05, 4.69) is 31.6 Å². The smallest absolute Gasteiger partial charge is 0.312 e. The van der Waals surface area contributed by atoms with Crippen LogP contribution in [0.15, 0.2) is 46.0 Å². The van der Waals surface area contributed by atoms with Crippen LogP contribution in [-0.4, -0.2) is 33.9 Å². The molecule has 0 atom stereocenters. The second kappa shape index (κ2) is 10.9. The Bertz CT molecular complexity index is 1250. The SMILES string of the molecule is COc1cc(/C=N/NC(=O)Cn2nc(C)c([N+](=O)[O-])c2C)cc(Br)c1OCc1cccc(C)c1. The van der Waals surface area contributed by atoms with Crippen molar-refractivity contribution in [1.29, 1.82) is 0 Å². The first-order chi connectivity index (χ1) is 16.2. The van der Waals surface area contributed by atoms with Gasteiger partial charge in [0.2, 0.25) is 0 Å². The Morgan fingerprint density at radius 3 is 2.71 bits per heavy atom. The van der Waals surface area contributed by atoms with Gasteiger partial charge < -0.3 is 9.47 Å². The number of halogens is 1. The monoisotopic (exact) mass is 529 g/mol. The highest BCUT2D eigenvalue weighted by molar-refractivity contribution is 9.10. The fraction of sp³-hybridized carbons (Fsp3) is 0.261. The lowest BCUT2D eigenvalue weighted by atomic mass is 10.1. The molecule has 0 bridgehead atoms. The number of nitrogens with one attached hydrogen (secondary N) is 1. The number of ether oxygens (including phenoxy) is 2. The molecule has 178 valence electrons. The number of nitro groups is 1. The van der Waals surface area contributed by atoms with Gasteiger partial charge in [-0.1, -0.05) is 29.8 Å². The Hall–Kier alpha value is -3.73. The quantitative estimate of drug-likeness (QED) is 0.251.